The predicted octanol–water partition coefficient (Wildman–Crippen LogP) is 4.77. The van der Waals surface area contributed by atoms with E-state index in [0.29, 0.717) is 73.5 Å². The Hall–Kier alpha value is -3.57. The minimum Gasteiger partial charge on any atom is -0.493 e. The van der Waals surface area contributed by atoms with Crippen molar-refractivity contribution in [2.75, 3.05) is 33.5 Å². The van der Waals surface area contributed by atoms with Crippen LogP contribution in [0.15, 0.2) is 55.9 Å². The molecule has 0 saturated heterocycles. The van der Waals surface area contributed by atoms with Crippen molar-refractivity contribution >= 4 is 39.3 Å². The smallest absolute Gasteiger partial charge is 0.338 e. The van der Waals surface area contributed by atoms with E-state index in [-0.39, 0.29) is 12.2 Å². The van der Waals surface area contributed by atoms with Gasteiger partial charge in [-0.25, -0.2) is 9.79 Å². The molecule has 218 valence electrons. The normalized spacial score (nSPS) is 14.8. The molecule has 1 aromatic heterocycles. The quantitative estimate of drug-likeness (QED) is 0.278. The maximum absolute atomic E-state index is 14.0. The van der Waals surface area contributed by atoms with Gasteiger partial charge in [-0.3, -0.25) is 9.36 Å². The molecule has 9 nitrogen and oxygen atoms in total. The lowest BCUT2D eigenvalue weighted by atomic mass is 9.95. The molecule has 2 aromatic carbocycles. The molecular formula is C30H33BrN2O7S. The van der Waals surface area contributed by atoms with Crippen LogP contribution in [0.1, 0.15) is 51.8 Å². The van der Waals surface area contributed by atoms with Crippen molar-refractivity contribution in [3.63, 3.8) is 0 Å². The number of nitrogens with zero attached hydrogens (tertiary/aromatic N) is 2. The SMILES string of the molecule is CCOC(=O)C1=C(C)N=c2s/c(=C\c3cc(Br)c(OCC)c(OC)c3)c(=O)n2[C@H]1c1ccc(OCC)c(OCC)c1. The number of thiazole rings is 1. The first-order valence-electron chi connectivity index (χ1n) is 13.4. The zero-order chi connectivity index (χ0) is 29.7. The highest BCUT2D eigenvalue weighted by molar-refractivity contribution is 9.10. The Bertz CT molecular complexity index is 1660. The van der Waals surface area contributed by atoms with E-state index in [2.05, 4.69) is 20.9 Å². The molecular weight excluding hydrogens is 612 g/mol. The van der Waals surface area contributed by atoms with Crippen LogP contribution in [0.5, 0.6) is 23.0 Å². The predicted molar refractivity (Wildman–Crippen MR) is 161 cm³/mol. The van der Waals surface area contributed by atoms with E-state index in [1.807, 2.05) is 45.0 Å². The topological polar surface area (TPSA) is 97.6 Å². The molecule has 0 fully saturated rings. The highest BCUT2D eigenvalue weighted by Gasteiger charge is 2.34. The first-order valence-corrected chi connectivity index (χ1v) is 15.0. The van der Waals surface area contributed by atoms with Crippen molar-refractivity contribution in [1.29, 1.82) is 0 Å². The molecule has 0 saturated carbocycles. The van der Waals surface area contributed by atoms with Crippen molar-refractivity contribution in [3.8, 4) is 23.0 Å². The Morgan fingerprint density at radius 2 is 1.71 bits per heavy atom. The summed E-state index contributed by atoms with van der Waals surface area (Å²) in [5.74, 6) is 1.71. The fraction of sp³-hybridized carbons (Fsp3) is 0.367. The summed E-state index contributed by atoms with van der Waals surface area (Å²) in [6.45, 7) is 10.7. The summed E-state index contributed by atoms with van der Waals surface area (Å²) in [4.78, 5) is 32.4. The summed E-state index contributed by atoms with van der Waals surface area (Å²) in [5, 5.41) is 0. The molecule has 0 spiro atoms. The molecule has 2 heterocycles. The van der Waals surface area contributed by atoms with Gasteiger partial charge >= 0.3 is 5.97 Å². The molecule has 4 rings (SSSR count). The van der Waals surface area contributed by atoms with E-state index in [1.165, 1.54) is 11.3 Å². The standard InChI is InChI=1S/C30H33BrN2O7S/c1-7-37-21-12-11-19(16-22(21)38-8-2)26-25(29(35)40-10-4)17(5)32-30-33(26)28(34)24(41-30)15-18-13-20(31)27(39-9-3)23(14-18)36-6/h11-16,26H,7-10H2,1-6H3/b24-15-/t26-/m0/s1. The molecule has 1 aliphatic rings. The molecule has 0 bridgehead atoms. The Morgan fingerprint density at radius 1 is 1.00 bits per heavy atom. The third-order valence-corrected chi connectivity index (χ3v) is 7.81. The van der Waals surface area contributed by atoms with Gasteiger partial charge in [0.1, 0.15) is 0 Å². The number of aromatic nitrogens is 1. The monoisotopic (exact) mass is 644 g/mol. The van der Waals surface area contributed by atoms with Gasteiger partial charge in [0.2, 0.25) is 0 Å². The minimum atomic E-state index is -0.774. The number of hydrogen-bond acceptors (Lipinski definition) is 9. The number of benzene rings is 2. The van der Waals surface area contributed by atoms with Crippen molar-refractivity contribution in [2.24, 2.45) is 4.99 Å². The molecule has 1 atom stereocenters. The first-order chi connectivity index (χ1) is 19.8. The van der Waals surface area contributed by atoms with E-state index in [9.17, 15) is 9.59 Å². The molecule has 0 radical (unpaired) electrons. The summed E-state index contributed by atoms with van der Waals surface area (Å²) in [6, 6.07) is 8.33. The fourth-order valence-electron chi connectivity index (χ4n) is 4.60. The fourth-order valence-corrected chi connectivity index (χ4v) is 6.22. The summed E-state index contributed by atoms with van der Waals surface area (Å²) in [6.07, 6.45) is 1.77. The molecule has 0 amide bonds. The van der Waals surface area contributed by atoms with E-state index >= 15 is 0 Å². The number of ether oxygens (including phenoxy) is 5. The van der Waals surface area contributed by atoms with Crippen LogP contribution in [0.3, 0.4) is 0 Å². The van der Waals surface area contributed by atoms with E-state index in [1.54, 1.807) is 37.7 Å². The van der Waals surface area contributed by atoms with Gasteiger partial charge in [-0.05, 0) is 92.0 Å². The first kappa shape index (κ1) is 30.4. The summed E-state index contributed by atoms with van der Waals surface area (Å²) in [7, 11) is 1.56. The maximum Gasteiger partial charge on any atom is 0.338 e. The van der Waals surface area contributed by atoms with Crippen LogP contribution in [0.4, 0.5) is 0 Å². The molecule has 11 heteroatoms. The number of allylic oxidation sites excluding steroid dienone is 1. The number of carbonyl (C=O) groups excluding carboxylic acids is 1. The summed E-state index contributed by atoms with van der Waals surface area (Å²) >= 11 is 4.79. The number of methoxy groups -OCH3 is 1. The lowest BCUT2D eigenvalue weighted by molar-refractivity contribution is -0.139. The zero-order valence-corrected chi connectivity index (χ0v) is 26.3. The van der Waals surface area contributed by atoms with Gasteiger partial charge in [0.25, 0.3) is 5.56 Å². The van der Waals surface area contributed by atoms with Gasteiger partial charge in [-0.1, -0.05) is 17.4 Å². The largest absolute Gasteiger partial charge is 0.493 e. The van der Waals surface area contributed by atoms with Crippen molar-refractivity contribution in [2.45, 2.75) is 40.7 Å². The Morgan fingerprint density at radius 3 is 2.37 bits per heavy atom. The van der Waals surface area contributed by atoms with Crippen LogP contribution in [-0.2, 0) is 9.53 Å². The molecule has 1 aliphatic heterocycles. The Kier molecular flexibility index (Phi) is 9.93. The Labute approximate surface area is 250 Å². The summed E-state index contributed by atoms with van der Waals surface area (Å²) in [5.41, 5.74) is 1.90. The van der Waals surface area contributed by atoms with Crippen LogP contribution < -0.4 is 33.8 Å². The average molecular weight is 646 g/mol. The average Bonchev–Trinajstić information content (AvgIpc) is 3.24. The van der Waals surface area contributed by atoms with Crippen LogP contribution in [-0.4, -0.2) is 44.1 Å². The van der Waals surface area contributed by atoms with Crippen LogP contribution in [0.2, 0.25) is 0 Å². The number of hydrogen-bond donors (Lipinski definition) is 0. The van der Waals surface area contributed by atoms with E-state index in [4.69, 9.17) is 23.7 Å². The number of fused-ring (bicyclic) bond motifs is 1. The molecule has 0 unspecified atom stereocenters. The third kappa shape index (κ3) is 6.20. The van der Waals surface area contributed by atoms with Crippen LogP contribution in [0, 0.1) is 0 Å². The zero-order valence-electron chi connectivity index (χ0n) is 23.9. The Balaban J connectivity index is 1.94. The highest BCUT2D eigenvalue weighted by Crippen LogP contribution is 2.38. The van der Waals surface area contributed by atoms with Crippen molar-refractivity contribution in [3.05, 3.63) is 76.9 Å². The molecule has 41 heavy (non-hydrogen) atoms. The van der Waals surface area contributed by atoms with E-state index in [0.717, 1.165) is 5.56 Å². The minimum absolute atomic E-state index is 0.189. The van der Waals surface area contributed by atoms with Gasteiger partial charge in [0.05, 0.1) is 59.9 Å². The second-order valence-electron chi connectivity index (χ2n) is 8.84. The molecule has 3 aromatic rings. The lowest BCUT2D eigenvalue weighted by Crippen LogP contribution is -2.40. The highest BCUT2D eigenvalue weighted by atomic mass is 79.9. The third-order valence-electron chi connectivity index (χ3n) is 6.24. The number of rotatable bonds is 11. The second-order valence-corrected chi connectivity index (χ2v) is 10.7. The van der Waals surface area contributed by atoms with Gasteiger partial charge in [-0.15, -0.1) is 0 Å². The maximum atomic E-state index is 14.0. The number of halogens is 1. The van der Waals surface area contributed by atoms with E-state index < -0.39 is 12.0 Å². The molecule has 0 N–H and O–H groups in total. The van der Waals surface area contributed by atoms with Crippen molar-refractivity contribution in [1.82, 2.24) is 4.57 Å². The number of esters is 1. The van der Waals surface area contributed by atoms with Crippen molar-refractivity contribution < 1.29 is 28.5 Å². The second kappa shape index (κ2) is 13.4. The van der Waals surface area contributed by atoms with Gasteiger partial charge in [-0.2, -0.15) is 0 Å². The molecule has 0 aliphatic carbocycles. The number of carbonyl (C=O) groups is 1. The summed E-state index contributed by atoms with van der Waals surface area (Å²) < 4.78 is 30.9. The lowest BCUT2D eigenvalue weighted by Gasteiger charge is -2.25. The van der Waals surface area contributed by atoms with Gasteiger partial charge in [0.15, 0.2) is 27.8 Å². The van der Waals surface area contributed by atoms with Gasteiger partial charge < -0.3 is 23.7 Å². The van der Waals surface area contributed by atoms with Crippen LogP contribution in [0.25, 0.3) is 6.08 Å². The van der Waals surface area contributed by atoms with Crippen LogP contribution >= 0.6 is 27.3 Å². The van der Waals surface area contributed by atoms with Gasteiger partial charge in [0, 0.05) is 0 Å².